The molecular weight excluding hydrogens is 464 g/mol. The van der Waals surface area contributed by atoms with Gasteiger partial charge in [-0.3, -0.25) is 14.6 Å². The number of hydrogen-bond donors (Lipinski definition) is 4. The van der Waals surface area contributed by atoms with E-state index >= 15 is 0 Å². The lowest BCUT2D eigenvalue weighted by atomic mass is 10.0. The summed E-state index contributed by atoms with van der Waals surface area (Å²) in [7, 11) is 0. The minimum absolute atomic E-state index is 0.249. The highest BCUT2D eigenvalue weighted by Gasteiger charge is 2.38. The van der Waals surface area contributed by atoms with E-state index in [0.29, 0.717) is 45.1 Å². The largest absolute Gasteiger partial charge is 0.444 e. The molecule has 1 heterocycles. The fourth-order valence-electron chi connectivity index (χ4n) is 3.98. The van der Waals surface area contributed by atoms with Crippen LogP contribution in [0.3, 0.4) is 0 Å². The van der Waals surface area contributed by atoms with Gasteiger partial charge in [0, 0.05) is 19.5 Å². The SMILES string of the molecule is CC(C)(C)OC(=O)NC(Cc1ccccc1)C(=O)N1CCCC1C(=O)NC(C=O)CCCN=CNN. The Labute approximate surface area is 212 Å². The maximum absolute atomic E-state index is 13.6. The average molecular weight is 503 g/mol. The van der Waals surface area contributed by atoms with Crippen LogP contribution in [0.5, 0.6) is 0 Å². The Morgan fingerprint density at radius 2 is 1.94 bits per heavy atom. The van der Waals surface area contributed by atoms with Gasteiger partial charge in [0.25, 0.3) is 0 Å². The van der Waals surface area contributed by atoms with Gasteiger partial charge in [0.1, 0.15) is 24.0 Å². The third-order valence-corrected chi connectivity index (χ3v) is 5.57. The Bertz CT molecular complexity index is 902. The zero-order valence-corrected chi connectivity index (χ0v) is 21.2. The summed E-state index contributed by atoms with van der Waals surface area (Å²) < 4.78 is 5.36. The molecule has 1 saturated heterocycles. The standard InChI is InChI=1S/C25H38N6O5/c1-25(2,3)36-24(35)30-20(15-18-9-5-4-6-10-18)23(34)31-14-8-12-21(31)22(33)29-19(16-32)11-7-13-27-17-28-26/h4-6,9-10,16-17,19-21H,7-8,11-15,26H2,1-3H3,(H,27,28)(H,29,33)(H,30,35). The molecule has 0 saturated carbocycles. The highest BCUT2D eigenvalue weighted by molar-refractivity contribution is 5.92. The Hall–Kier alpha value is -3.47. The first-order valence-electron chi connectivity index (χ1n) is 12.2. The zero-order chi connectivity index (χ0) is 26.6. The number of amides is 3. The molecule has 1 aromatic carbocycles. The number of rotatable bonds is 12. The fraction of sp³-hybridized carbons (Fsp3) is 0.560. The molecule has 3 amide bonds. The first-order chi connectivity index (χ1) is 17.1. The molecule has 1 aliphatic heterocycles. The molecule has 0 bridgehead atoms. The molecule has 1 fully saturated rings. The number of nitrogens with zero attached hydrogens (tertiary/aromatic N) is 2. The van der Waals surface area contributed by atoms with E-state index < -0.39 is 29.8 Å². The Kier molecular flexibility index (Phi) is 11.3. The first kappa shape index (κ1) is 28.8. The van der Waals surface area contributed by atoms with E-state index in [-0.39, 0.29) is 18.2 Å². The lowest BCUT2D eigenvalue weighted by Gasteiger charge is -2.30. The lowest BCUT2D eigenvalue weighted by Crippen LogP contribution is -2.55. The van der Waals surface area contributed by atoms with Gasteiger partial charge in [-0.2, -0.15) is 0 Å². The summed E-state index contributed by atoms with van der Waals surface area (Å²) in [4.78, 5) is 56.1. The summed E-state index contributed by atoms with van der Waals surface area (Å²) in [5.41, 5.74) is 2.43. The van der Waals surface area contributed by atoms with Crippen molar-refractivity contribution < 1.29 is 23.9 Å². The molecule has 1 aliphatic rings. The summed E-state index contributed by atoms with van der Waals surface area (Å²) in [5, 5.41) is 5.43. The summed E-state index contributed by atoms with van der Waals surface area (Å²) in [6.45, 7) is 6.06. The number of likely N-dealkylation sites (tertiary alicyclic amines) is 1. The molecule has 0 aliphatic carbocycles. The maximum atomic E-state index is 13.6. The van der Waals surface area contributed by atoms with Crippen LogP contribution < -0.4 is 21.9 Å². The van der Waals surface area contributed by atoms with Crippen molar-refractivity contribution in [2.75, 3.05) is 13.1 Å². The van der Waals surface area contributed by atoms with Crippen molar-refractivity contribution in [1.82, 2.24) is 21.0 Å². The number of nitrogens with one attached hydrogen (secondary N) is 3. The van der Waals surface area contributed by atoms with Crippen LogP contribution in [0.1, 0.15) is 52.0 Å². The van der Waals surface area contributed by atoms with Crippen LogP contribution in [0.2, 0.25) is 0 Å². The third kappa shape index (κ3) is 9.65. The van der Waals surface area contributed by atoms with Crippen molar-refractivity contribution in [2.24, 2.45) is 10.8 Å². The van der Waals surface area contributed by atoms with E-state index in [1.165, 1.54) is 11.2 Å². The zero-order valence-electron chi connectivity index (χ0n) is 21.2. The number of hydrazine groups is 1. The molecule has 3 atom stereocenters. The van der Waals surface area contributed by atoms with Gasteiger partial charge in [0.15, 0.2) is 0 Å². The molecule has 0 aromatic heterocycles. The van der Waals surface area contributed by atoms with Crippen LogP contribution in [-0.2, 0) is 25.5 Å². The number of hydrogen-bond acceptors (Lipinski definition) is 7. The summed E-state index contributed by atoms with van der Waals surface area (Å²) in [6.07, 6.45) is 3.69. The van der Waals surface area contributed by atoms with E-state index in [2.05, 4.69) is 21.1 Å². The molecule has 3 unspecified atom stereocenters. The van der Waals surface area contributed by atoms with E-state index in [4.69, 9.17) is 10.6 Å². The second kappa shape index (κ2) is 14.2. The highest BCUT2D eigenvalue weighted by atomic mass is 16.6. The van der Waals surface area contributed by atoms with Crippen molar-refractivity contribution in [2.45, 2.75) is 76.6 Å². The highest BCUT2D eigenvalue weighted by Crippen LogP contribution is 2.20. The molecule has 1 aromatic rings. The molecule has 36 heavy (non-hydrogen) atoms. The number of nitrogens with two attached hydrogens (primary N) is 1. The molecule has 0 radical (unpaired) electrons. The van der Waals surface area contributed by atoms with Crippen molar-refractivity contribution in [3.05, 3.63) is 35.9 Å². The summed E-state index contributed by atoms with van der Waals surface area (Å²) in [6, 6.07) is 7.00. The number of aliphatic imine (C=N–C) groups is 1. The van der Waals surface area contributed by atoms with Crippen LogP contribution in [0.25, 0.3) is 0 Å². The Morgan fingerprint density at radius 1 is 1.22 bits per heavy atom. The lowest BCUT2D eigenvalue weighted by molar-refractivity contribution is -0.140. The van der Waals surface area contributed by atoms with Gasteiger partial charge in [-0.15, -0.1) is 0 Å². The Morgan fingerprint density at radius 3 is 2.58 bits per heavy atom. The first-order valence-corrected chi connectivity index (χ1v) is 12.2. The van der Waals surface area contributed by atoms with Crippen molar-refractivity contribution in [3.63, 3.8) is 0 Å². The predicted octanol–water partition coefficient (Wildman–Crippen LogP) is 1.07. The van der Waals surface area contributed by atoms with Crippen LogP contribution >= 0.6 is 0 Å². The number of aldehydes is 1. The maximum Gasteiger partial charge on any atom is 0.408 e. The molecule has 5 N–H and O–H groups in total. The third-order valence-electron chi connectivity index (χ3n) is 5.57. The van der Waals surface area contributed by atoms with Gasteiger partial charge >= 0.3 is 6.09 Å². The fourth-order valence-corrected chi connectivity index (χ4v) is 3.98. The van der Waals surface area contributed by atoms with Gasteiger partial charge in [-0.05, 0) is 52.0 Å². The van der Waals surface area contributed by atoms with Gasteiger partial charge in [0.2, 0.25) is 11.8 Å². The topological polar surface area (TPSA) is 155 Å². The minimum atomic E-state index is -0.911. The molecule has 11 nitrogen and oxygen atoms in total. The van der Waals surface area contributed by atoms with Gasteiger partial charge in [-0.25, -0.2) is 10.6 Å². The summed E-state index contributed by atoms with van der Waals surface area (Å²) >= 11 is 0. The van der Waals surface area contributed by atoms with Gasteiger partial charge in [0.05, 0.1) is 12.4 Å². The second-order valence-corrected chi connectivity index (χ2v) is 9.67. The van der Waals surface area contributed by atoms with E-state index in [9.17, 15) is 19.2 Å². The van der Waals surface area contributed by atoms with Crippen LogP contribution in [-0.4, -0.2) is 72.2 Å². The van der Waals surface area contributed by atoms with Crippen molar-refractivity contribution in [1.29, 1.82) is 0 Å². The van der Waals surface area contributed by atoms with E-state index in [1.54, 1.807) is 20.8 Å². The van der Waals surface area contributed by atoms with E-state index in [0.717, 1.165) is 5.56 Å². The van der Waals surface area contributed by atoms with Gasteiger partial charge < -0.3 is 30.5 Å². The molecule has 0 spiro atoms. The number of alkyl carbamates (subject to hydrolysis) is 1. The molecule has 11 heteroatoms. The molecule has 198 valence electrons. The van der Waals surface area contributed by atoms with Crippen LogP contribution in [0.4, 0.5) is 4.79 Å². The smallest absolute Gasteiger partial charge is 0.408 e. The number of benzene rings is 1. The normalized spacial score (nSPS) is 17.3. The van der Waals surface area contributed by atoms with Crippen molar-refractivity contribution >= 4 is 30.5 Å². The number of ether oxygens (including phenoxy) is 1. The summed E-state index contributed by atoms with van der Waals surface area (Å²) in [5.74, 6) is 4.36. The second-order valence-electron chi connectivity index (χ2n) is 9.67. The van der Waals surface area contributed by atoms with Gasteiger partial charge in [-0.1, -0.05) is 30.3 Å². The number of carbonyl (C=O) groups is 4. The average Bonchev–Trinajstić information content (AvgIpc) is 3.32. The number of carbonyl (C=O) groups excluding carboxylic acids is 4. The predicted molar refractivity (Wildman–Crippen MR) is 136 cm³/mol. The van der Waals surface area contributed by atoms with E-state index in [1.807, 2.05) is 30.3 Å². The van der Waals surface area contributed by atoms with Crippen molar-refractivity contribution in [3.8, 4) is 0 Å². The minimum Gasteiger partial charge on any atom is -0.444 e. The van der Waals surface area contributed by atoms with Crippen LogP contribution in [0.15, 0.2) is 35.3 Å². The van der Waals surface area contributed by atoms with Crippen LogP contribution in [0, 0.1) is 0 Å². The Balaban J connectivity index is 2.09. The quantitative estimate of drug-likeness (QED) is 0.0832. The molecule has 2 rings (SSSR count). The molecular formula is C25H38N6O5. The monoisotopic (exact) mass is 502 g/mol.